The minimum absolute atomic E-state index is 0.100. The van der Waals surface area contributed by atoms with Crippen molar-refractivity contribution in [3.63, 3.8) is 0 Å². The molecular formula is C17H20N2O3. The van der Waals surface area contributed by atoms with Crippen LogP contribution in [0.25, 0.3) is 10.9 Å². The number of hydrogen-bond acceptors (Lipinski definition) is 2. The maximum atomic E-state index is 12.8. The van der Waals surface area contributed by atoms with Crippen LogP contribution in [-0.4, -0.2) is 40.0 Å². The van der Waals surface area contributed by atoms with Gasteiger partial charge < -0.3 is 15.0 Å². The molecule has 1 amide bonds. The molecule has 1 fully saturated rings. The molecule has 1 saturated heterocycles. The van der Waals surface area contributed by atoms with Crippen molar-refractivity contribution >= 4 is 22.8 Å². The van der Waals surface area contributed by atoms with Gasteiger partial charge in [-0.2, -0.15) is 0 Å². The number of fused-ring (bicyclic) bond motifs is 1. The lowest BCUT2D eigenvalue weighted by molar-refractivity contribution is -0.147. The highest BCUT2D eigenvalue weighted by atomic mass is 16.4. The largest absolute Gasteiger partial charge is 0.481 e. The molecule has 22 heavy (non-hydrogen) atoms. The lowest BCUT2D eigenvalue weighted by Gasteiger charge is -2.20. The summed E-state index contributed by atoms with van der Waals surface area (Å²) in [5.74, 6) is -0.940. The molecule has 1 aromatic heterocycles. The highest BCUT2D eigenvalue weighted by Gasteiger charge is 2.42. The molecule has 1 aromatic carbocycles. The fraction of sp³-hybridized carbons (Fsp3) is 0.412. The van der Waals surface area contributed by atoms with Crippen molar-refractivity contribution in [1.29, 1.82) is 0 Å². The highest BCUT2D eigenvalue weighted by molar-refractivity contribution is 6.07. The van der Waals surface area contributed by atoms with E-state index in [0.717, 1.165) is 22.2 Å². The van der Waals surface area contributed by atoms with Gasteiger partial charge >= 0.3 is 5.97 Å². The van der Waals surface area contributed by atoms with Crippen LogP contribution in [-0.2, 0) is 4.79 Å². The van der Waals surface area contributed by atoms with Crippen LogP contribution < -0.4 is 0 Å². The number of aromatic nitrogens is 1. The van der Waals surface area contributed by atoms with E-state index in [1.807, 2.05) is 26.0 Å². The first kappa shape index (κ1) is 14.6. The monoisotopic (exact) mass is 300 g/mol. The number of carboxylic acids is 1. The number of hydrogen-bond donors (Lipinski definition) is 2. The number of H-pyrrole nitrogens is 1. The molecule has 1 aliphatic rings. The number of para-hydroxylation sites is 1. The third kappa shape index (κ3) is 2.08. The van der Waals surface area contributed by atoms with Gasteiger partial charge in [0.15, 0.2) is 0 Å². The van der Waals surface area contributed by atoms with Crippen LogP contribution in [0, 0.1) is 19.3 Å². The number of amides is 1. The molecule has 0 saturated carbocycles. The molecular weight excluding hydrogens is 280 g/mol. The smallest absolute Gasteiger partial charge is 0.311 e. The molecule has 0 spiro atoms. The molecule has 2 N–H and O–H groups in total. The normalized spacial score (nSPS) is 21.5. The summed E-state index contributed by atoms with van der Waals surface area (Å²) in [7, 11) is 0. The van der Waals surface area contributed by atoms with Gasteiger partial charge in [-0.05, 0) is 38.8 Å². The van der Waals surface area contributed by atoms with E-state index in [-0.39, 0.29) is 12.5 Å². The van der Waals surface area contributed by atoms with Gasteiger partial charge in [0.25, 0.3) is 5.91 Å². The molecule has 1 atom stereocenters. The van der Waals surface area contributed by atoms with Crippen LogP contribution in [0.15, 0.2) is 18.2 Å². The number of aliphatic carboxylic acids is 1. The molecule has 0 aliphatic carbocycles. The van der Waals surface area contributed by atoms with Gasteiger partial charge in [0, 0.05) is 24.2 Å². The maximum absolute atomic E-state index is 12.8. The Morgan fingerprint density at radius 2 is 2.05 bits per heavy atom. The van der Waals surface area contributed by atoms with E-state index in [4.69, 9.17) is 0 Å². The number of likely N-dealkylation sites (tertiary alicyclic amines) is 1. The van der Waals surface area contributed by atoms with Gasteiger partial charge in [0.1, 0.15) is 0 Å². The van der Waals surface area contributed by atoms with Crippen LogP contribution in [0.5, 0.6) is 0 Å². The summed E-state index contributed by atoms with van der Waals surface area (Å²) in [4.78, 5) is 29.1. The summed E-state index contributed by atoms with van der Waals surface area (Å²) < 4.78 is 0. The summed E-state index contributed by atoms with van der Waals surface area (Å²) in [5, 5.41) is 10.4. The number of carbonyl (C=O) groups excluding carboxylic acids is 1. The number of nitrogens with zero attached hydrogens (tertiary/aromatic N) is 1. The number of aryl methyl sites for hydroxylation is 2. The fourth-order valence-electron chi connectivity index (χ4n) is 3.14. The third-order valence-electron chi connectivity index (χ3n) is 4.85. The molecule has 5 heteroatoms. The fourth-order valence-corrected chi connectivity index (χ4v) is 3.14. The average molecular weight is 300 g/mol. The van der Waals surface area contributed by atoms with Crippen molar-refractivity contribution in [2.45, 2.75) is 27.2 Å². The van der Waals surface area contributed by atoms with E-state index in [0.29, 0.717) is 18.5 Å². The number of benzene rings is 1. The van der Waals surface area contributed by atoms with Crippen LogP contribution in [0.3, 0.4) is 0 Å². The Hall–Kier alpha value is -2.30. The van der Waals surface area contributed by atoms with Crippen molar-refractivity contribution in [2.24, 2.45) is 5.41 Å². The molecule has 0 radical (unpaired) electrons. The minimum Gasteiger partial charge on any atom is -0.481 e. The van der Waals surface area contributed by atoms with Gasteiger partial charge in [-0.1, -0.05) is 12.1 Å². The predicted molar refractivity (Wildman–Crippen MR) is 84.0 cm³/mol. The molecule has 116 valence electrons. The zero-order valence-corrected chi connectivity index (χ0v) is 13.1. The van der Waals surface area contributed by atoms with Gasteiger partial charge in [-0.25, -0.2) is 0 Å². The number of nitrogens with one attached hydrogen (secondary N) is 1. The third-order valence-corrected chi connectivity index (χ3v) is 4.85. The van der Waals surface area contributed by atoms with E-state index in [2.05, 4.69) is 4.98 Å². The minimum atomic E-state index is -0.842. The molecule has 5 nitrogen and oxygen atoms in total. The van der Waals surface area contributed by atoms with E-state index >= 15 is 0 Å². The van der Waals surface area contributed by atoms with Crippen LogP contribution in [0.2, 0.25) is 0 Å². The molecule has 2 heterocycles. The summed E-state index contributed by atoms with van der Waals surface area (Å²) in [6, 6.07) is 5.68. The second-order valence-electron chi connectivity index (χ2n) is 6.45. The van der Waals surface area contributed by atoms with E-state index in [9.17, 15) is 14.7 Å². The topological polar surface area (TPSA) is 73.4 Å². The van der Waals surface area contributed by atoms with Crippen molar-refractivity contribution in [3.05, 3.63) is 35.0 Å². The lowest BCUT2D eigenvalue weighted by atomic mass is 9.90. The van der Waals surface area contributed by atoms with Crippen molar-refractivity contribution in [3.8, 4) is 0 Å². The standard InChI is InChI=1S/C17H20N2O3/c1-10-11(2)18-14-12(10)5-4-6-13(14)15(20)19-8-7-17(3,9-19)16(21)22/h4-6,18H,7-9H2,1-3H3,(H,21,22)/t17-/m0/s1. The summed E-state index contributed by atoms with van der Waals surface area (Å²) in [6.07, 6.45) is 0.493. The Balaban J connectivity index is 1.97. The van der Waals surface area contributed by atoms with E-state index in [1.54, 1.807) is 17.9 Å². The Labute approximate surface area is 128 Å². The average Bonchev–Trinajstić information content (AvgIpc) is 3.01. The highest BCUT2D eigenvalue weighted by Crippen LogP contribution is 2.32. The first-order chi connectivity index (χ1) is 10.3. The van der Waals surface area contributed by atoms with Gasteiger partial charge in [0.2, 0.25) is 0 Å². The second-order valence-corrected chi connectivity index (χ2v) is 6.45. The van der Waals surface area contributed by atoms with Crippen LogP contribution >= 0.6 is 0 Å². The quantitative estimate of drug-likeness (QED) is 0.895. The zero-order valence-electron chi connectivity index (χ0n) is 13.1. The van der Waals surface area contributed by atoms with Crippen molar-refractivity contribution in [1.82, 2.24) is 9.88 Å². The predicted octanol–water partition coefficient (Wildman–Crippen LogP) is 2.72. The Morgan fingerprint density at radius 3 is 2.68 bits per heavy atom. The molecule has 2 aromatic rings. The van der Waals surface area contributed by atoms with E-state index in [1.165, 1.54) is 0 Å². The van der Waals surface area contributed by atoms with Gasteiger partial charge in [-0.15, -0.1) is 0 Å². The van der Waals surface area contributed by atoms with Crippen LogP contribution in [0.4, 0.5) is 0 Å². The SMILES string of the molecule is Cc1[nH]c2c(C(=O)N3CC[C@](C)(C(=O)O)C3)cccc2c1C. The zero-order chi connectivity index (χ0) is 16.1. The van der Waals surface area contributed by atoms with Gasteiger partial charge in [0.05, 0.1) is 16.5 Å². The van der Waals surface area contributed by atoms with Crippen molar-refractivity contribution in [2.75, 3.05) is 13.1 Å². The van der Waals surface area contributed by atoms with Crippen molar-refractivity contribution < 1.29 is 14.7 Å². The summed E-state index contributed by atoms with van der Waals surface area (Å²) in [5.41, 5.74) is 2.80. The molecule has 3 rings (SSSR count). The number of carbonyl (C=O) groups is 2. The van der Waals surface area contributed by atoms with Gasteiger partial charge in [-0.3, -0.25) is 9.59 Å². The summed E-state index contributed by atoms with van der Waals surface area (Å²) >= 11 is 0. The lowest BCUT2D eigenvalue weighted by Crippen LogP contribution is -2.34. The first-order valence-electron chi connectivity index (χ1n) is 7.44. The summed E-state index contributed by atoms with van der Waals surface area (Å²) in [6.45, 7) is 6.46. The Morgan fingerprint density at radius 1 is 1.32 bits per heavy atom. The van der Waals surface area contributed by atoms with Crippen LogP contribution in [0.1, 0.15) is 35.0 Å². The second kappa shape index (κ2) is 4.87. The number of carboxylic acid groups (broad SMARTS) is 1. The Bertz CT molecular complexity index is 778. The number of aromatic amines is 1. The maximum Gasteiger partial charge on any atom is 0.311 e. The first-order valence-corrected chi connectivity index (χ1v) is 7.44. The van der Waals surface area contributed by atoms with E-state index < -0.39 is 11.4 Å². The number of rotatable bonds is 2. The molecule has 0 bridgehead atoms. The Kier molecular flexibility index (Phi) is 3.24. The molecule has 0 unspecified atom stereocenters. The molecule has 1 aliphatic heterocycles.